The molecule has 0 aliphatic rings. The Morgan fingerprint density at radius 1 is 1.21 bits per heavy atom. The number of carbonyl (C=O) groups is 2. The number of nitrogens with one attached hydrogen (secondary N) is 3. The first-order chi connectivity index (χ1) is 11.7. The molecule has 1 aromatic heterocycles. The molecule has 0 aliphatic carbocycles. The van der Waals surface area contributed by atoms with E-state index in [1.165, 1.54) is 0 Å². The Hall–Kier alpha value is -3.59. The molecular weight excluding hydrogens is 304 g/mol. The van der Waals surface area contributed by atoms with Crippen molar-refractivity contribution in [2.75, 3.05) is 11.9 Å². The largest absolute Gasteiger partial charge is 0.343 e. The summed E-state index contributed by atoms with van der Waals surface area (Å²) in [6.07, 6.45) is 6.96. The van der Waals surface area contributed by atoms with E-state index in [0.29, 0.717) is 22.3 Å². The minimum Gasteiger partial charge on any atom is -0.343 e. The summed E-state index contributed by atoms with van der Waals surface area (Å²) >= 11 is 0. The highest BCUT2D eigenvalue weighted by molar-refractivity contribution is 6.06. The van der Waals surface area contributed by atoms with E-state index in [4.69, 9.17) is 6.42 Å². The number of anilines is 1. The van der Waals surface area contributed by atoms with Crippen LogP contribution in [-0.4, -0.2) is 28.6 Å². The summed E-state index contributed by atoms with van der Waals surface area (Å²) in [5, 5.41) is 12.8. The number of aromatic nitrogens is 2. The Kier molecular flexibility index (Phi) is 4.25. The predicted molar refractivity (Wildman–Crippen MR) is 91.4 cm³/mol. The number of aromatic amines is 1. The van der Waals surface area contributed by atoms with Crippen LogP contribution in [0.5, 0.6) is 0 Å². The first-order valence-corrected chi connectivity index (χ1v) is 7.24. The van der Waals surface area contributed by atoms with Gasteiger partial charge in [0.2, 0.25) is 5.91 Å². The van der Waals surface area contributed by atoms with Crippen molar-refractivity contribution in [3.8, 4) is 12.3 Å². The molecule has 0 bridgehead atoms. The fourth-order valence-electron chi connectivity index (χ4n) is 2.31. The molecule has 1 heterocycles. The van der Waals surface area contributed by atoms with Gasteiger partial charge in [-0.05, 0) is 24.3 Å². The maximum atomic E-state index is 12.2. The molecule has 3 rings (SSSR count). The Labute approximate surface area is 138 Å². The average Bonchev–Trinajstić information content (AvgIpc) is 3.08. The van der Waals surface area contributed by atoms with Gasteiger partial charge in [0.15, 0.2) is 0 Å². The summed E-state index contributed by atoms with van der Waals surface area (Å²) in [4.78, 5) is 24.2. The molecule has 0 unspecified atom stereocenters. The lowest BCUT2D eigenvalue weighted by atomic mass is 10.1. The van der Waals surface area contributed by atoms with Gasteiger partial charge < -0.3 is 10.6 Å². The molecule has 6 nitrogen and oxygen atoms in total. The highest BCUT2D eigenvalue weighted by Gasteiger charge is 2.12. The maximum Gasteiger partial charge on any atom is 0.253 e. The molecule has 6 heteroatoms. The molecule has 24 heavy (non-hydrogen) atoms. The van der Waals surface area contributed by atoms with Gasteiger partial charge in [-0.25, -0.2) is 0 Å². The predicted octanol–water partition coefficient (Wildman–Crippen LogP) is 1.91. The van der Waals surface area contributed by atoms with Crippen LogP contribution in [0.2, 0.25) is 0 Å². The van der Waals surface area contributed by atoms with E-state index in [2.05, 4.69) is 26.8 Å². The van der Waals surface area contributed by atoms with Gasteiger partial charge in [0, 0.05) is 16.6 Å². The zero-order chi connectivity index (χ0) is 16.9. The summed E-state index contributed by atoms with van der Waals surface area (Å²) in [7, 11) is 0. The van der Waals surface area contributed by atoms with Crippen molar-refractivity contribution in [1.29, 1.82) is 0 Å². The number of hydrogen-bond donors (Lipinski definition) is 3. The second-order valence-corrected chi connectivity index (χ2v) is 5.10. The number of nitrogens with zero attached hydrogens (tertiary/aromatic N) is 1. The maximum absolute atomic E-state index is 12.2. The van der Waals surface area contributed by atoms with Crippen molar-refractivity contribution in [3.63, 3.8) is 0 Å². The summed E-state index contributed by atoms with van der Waals surface area (Å²) in [5.74, 6) is 1.81. The highest BCUT2D eigenvalue weighted by atomic mass is 16.2. The van der Waals surface area contributed by atoms with Crippen LogP contribution in [0.3, 0.4) is 0 Å². The van der Waals surface area contributed by atoms with Crippen molar-refractivity contribution < 1.29 is 9.59 Å². The van der Waals surface area contributed by atoms with E-state index >= 15 is 0 Å². The number of rotatable bonds is 4. The zero-order valence-corrected chi connectivity index (χ0v) is 12.7. The minimum atomic E-state index is -0.350. The van der Waals surface area contributed by atoms with Crippen molar-refractivity contribution >= 4 is 28.4 Å². The highest BCUT2D eigenvalue weighted by Crippen LogP contribution is 2.15. The molecule has 0 aliphatic heterocycles. The third-order valence-corrected chi connectivity index (χ3v) is 3.44. The van der Waals surface area contributed by atoms with Crippen molar-refractivity contribution in [2.45, 2.75) is 0 Å². The monoisotopic (exact) mass is 318 g/mol. The summed E-state index contributed by atoms with van der Waals surface area (Å²) in [6.45, 7) is -0.149. The zero-order valence-electron chi connectivity index (χ0n) is 12.7. The molecule has 3 aromatic rings. The number of amides is 2. The van der Waals surface area contributed by atoms with Gasteiger partial charge in [0.25, 0.3) is 5.91 Å². The van der Waals surface area contributed by atoms with Gasteiger partial charge in [-0.1, -0.05) is 24.1 Å². The average molecular weight is 318 g/mol. The number of benzene rings is 2. The number of hydrogen-bond acceptors (Lipinski definition) is 3. The van der Waals surface area contributed by atoms with Crippen LogP contribution in [0.25, 0.3) is 10.9 Å². The molecule has 0 atom stereocenters. The van der Waals surface area contributed by atoms with Gasteiger partial charge >= 0.3 is 0 Å². The molecule has 0 fully saturated rings. The van der Waals surface area contributed by atoms with Crippen molar-refractivity contribution in [3.05, 3.63) is 59.8 Å². The number of para-hydroxylation sites is 1. The molecule has 0 saturated carbocycles. The molecule has 0 saturated heterocycles. The van der Waals surface area contributed by atoms with Crippen LogP contribution in [0.1, 0.15) is 15.9 Å². The van der Waals surface area contributed by atoms with Gasteiger partial charge in [0.1, 0.15) is 0 Å². The van der Waals surface area contributed by atoms with Crippen molar-refractivity contribution in [2.24, 2.45) is 0 Å². The molecule has 2 amide bonds. The van der Waals surface area contributed by atoms with Crippen LogP contribution in [0.15, 0.2) is 48.7 Å². The first-order valence-electron chi connectivity index (χ1n) is 7.24. The topological polar surface area (TPSA) is 86.9 Å². The lowest BCUT2D eigenvalue weighted by molar-refractivity contribution is -0.115. The van der Waals surface area contributed by atoms with Crippen LogP contribution >= 0.6 is 0 Å². The SMILES string of the molecule is C#Cc1cccc(NC(=O)CNC(=O)c2cccc3cn[nH]c23)c1. The van der Waals surface area contributed by atoms with Crippen LogP contribution < -0.4 is 10.6 Å². The lowest BCUT2D eigenvalue weighted by Crippen LogP contribution is -2.33. The number of H-pyrrole nitrogens is 1. The van der Waals surface area contributed by atoms with E-state index in [9.17, 15) is 9.59 Å². The van der Waals surface area contributed by atoms with E-state index in [-0.39, 0.29) is 18.4 Å². The Morgan fingerprint density at radius 2 is 2.04 bits per heavy atom. The minimum absolute atomic E-state index is 0.149. The van der Waals surface area contributed by atoms with Crippen LogP contribution in [0.4, 0.5) is 5.69 Å². The second-order valence-electron chi connectivity index (χ2n) is 5.10. The quantitative estimate of drug-likeness (QED) is 0.642. The number of terminal acetylenes is 1. The van der Waals surface area contributed by atoms with Crippen molar-refractivity contribution in [1.82, 2.24) is 15.5 Å². The van der Waals surface area contributed by atoms with E-state index < -0.39 is 0 Å². The smallest absolute Gasteiger partial charge is 0.253 e. The summed E-state index contributed by atoms with van der Waals surface area (Å²) < 4.78 is 0. The standard InChI is InChI=1S/C18H14N4O2/c1-2-12-5-3-7-14(9-12)21-16(23)11-19-18(24)15-8-4-6-13-10-20-22-17(13)15/h1,3-10H,11H2,(H,19,24)(H,20,22)(H,21,23). The number of carbonyl (C=O) groups excluding carboxylic acids is 2. The van der Waals surface area contributed by atoms with E-state index in [1.54, 1.807) is 42.6 Å². The molecule has 0 spiro atoms. The van der Waals surface area contributed by atoms with Gasteiger partial charge in [-0.3, -0.25) is 14.7 Å². The van der Waals surface area contributed by atoms with Gasteiger partial charge in [-0.15, -0.1) is 6.42 Å². The normalized spacial score (nSPS) is 10.1. The Balaban J connectivity index is 1.63. The number of fused-ring (bicyclic) bond motifs is 1. The van der Waals surface area contributed by atoms with Crippen LogP contribution in [-0.2, 0) is 4.79 Å². The third-order valence-electron chi connectivity index (χ3n) is 3.44. The molecule has 3 N–H and O–H groups in total. The molecule has 118 valence electrons. The summed E-state index contributed by atoms with van der Waals surface area (Å²) in [6, 6.07) is 12.2. The van der Waals surface area contributed by atoms with Crippen LogP contribution in [0, 0.1) is 12.3 Å². The Morgan fingerprint density at radius 3 is 2.88 bits per heavy atom. The lowest BCUT2D eigenvalue weighted by Gasteiger charge is -2.08. The molecule has 2 aromatic carbocycles. The second kappa shape index (κ2) is 6.67. The first kappa shape index (κ1) is 15.3. The fraction of sp³-hybridized carbons (Fsp3) is 0.0556. The van der Waals surface area contributed by atoms with Gasteiger partial charge in [0.05, 0.1) is 23.8 Å². The molecular formula is C18H14N4O2. The summed E-state index contributed by atoms with van der Waals surface area (Å²) in [5.41, 5.74) is 2.33. The fourth-order valence-corrected chi connectivity index (χ4v) is 2.31. The van der Waals surface area contributed by atoms with Gasteiger partial charge in [-0.2, -0.15) is 5.10 Å². The van der Waals surface area contributed by atoms with E-state index in [1.807, 2.05) is 6.07 Å². The van der Waals surface area contributed by atoms with E-state index in [0.717, 1.165) is 5.39 Å². The Bertz CT molecular complexity index is 953. The molecule has 0 radical (unpaired) electrons. The third kappa shape index (κ3) is 3.25.